The van der Waals surface area contributed by atoms with E-state index in [1.807, 2.05) is 25.1 Å². The Labute approximate surface area is 96.5 Å². The number of amides is 1. The van der Waals surface area contributed by atoms with E-state index in [9.17, 15) is 4.79 Å². The van der Waals surface area contributed by atoms with Crippen LogP contribution in [0.3, 0.4) is 0 Å². The Morgan fingerprint density at radius 1 is 1.31 bits per heavy atom. The fourth-order valence-electron chi connectivity index (χ4n) is 1.94. The van der Waals surface area contributed by atoms with Gasteiger partial charge in [-0.15, -0.1) is 0 Å². The second kappa shape index (κ2) is 4.26. The molecule has 3 nitrogen and oxygen atoms in total. The number of aryl methyl sites for hydroxylation is 2. The summed E-state index contributed by atoms with van der Waals surface area (Å²) >= 11 is 0. The summed E-state index contributed by atoms with van der Waals surface area (Å²) in [5, 5.41) is 3.03. The van der Waals surface area contributed by atoms with Crippen molar-refractivity contribution in [3.05, 3.63) is 34.9 Å². The number of carbonyl (C=O) groups is 1. The van der Waals surface area contributed by atoms with E-state index in [-0.39, 0.29) is 5.91 Å². The van der Waals surface area contributed by atoms with Gasteiger partial charge in [-0.2, -0.15) is 0 Å². The molecule has 1 aromatic carbocycles. The maximum Gasteiger partial charge on any atom is 0.251 e. The predicted octanol–water partition coefficient (Wildman–Crippen LogP) is 1.35. The summed E-state index contributed by atoms with van der Waals surface area (Å²) in [6.07, 6.45) is 0. The van der Waals surface area contributed by atoms with Crippen molar-refractivity contribution < 1.29 is 4.79 Å². The molecule has 16 heavy (non-hydrogen) atoms. The van der Waals surface area contributed by atoms with E-state index in [1.165, 1.54) is 11.1 Å². The Bertz CT molecular complexity index is 408. The molecule has 1 aliphatic heterocycles. The Morgan fingerprint density at radius 3 is 2.56 bits per heavy atom. The van der Waals surface area contributed by atoms with Gasteiger partial charge in [-0.05, 0) is 44.2 Å². The van der Waals surface area contributed by atoms with Crippen molar-refractivity contribution in [2.75, 3.05) is 20.1 Å². The summed E-state index contributed by atoms with van der Waals surface area (Å²) in [6.45, 7) is 5.99. The third-order valence-electron chi connectivity index (χ3n) is 3.17. The highest BCUT2D eigenvalue weighted by atomic mass is 16.1. The molecule has 0 unspecified atom stereocenters. The average molecular weight is 218 g/mol. The average Bonchev–Trinajstić information content (AvgIpc) is 2.19. The normalized spacial score (nSPS) is 16.9. The minimum atomic E-state index is 0.0428. The lowest BCUT2D eigenvalue weighted by Gasteiger charge is -2.36. The lowest BCUT2D eigenvalue weighted by atomic mass is 10.0. The zero-order valence-corrected chi connectivity index (χ0v) is 10.1. The molecule has 1 saturated heterocycles. The first-order valence-corrected chi connectivity index (χ1v) is 5.63. The first-order chi connectivity index (χ1) is 7.56. The zero-order chi connectivity index (χ0) is 11.7. The van der Waals surface area contributed by atoms with Crippen LogP contribution in [0.4, 0.5) is 0 Å². The SMILES string of the molecule is Cc1ccc(C(=O)NC2CN(C)C2)cc1C. The highest BCUT2D eigenvalue weighted by Gasteiger charge is 2.24. The predicted molar refractivity (Wildman–Crippen MR) is 64.7 cm³/mol. The highest BCUT2D eigenvalue weighted by molar-refractivity contribution is 5.94. The molecule has 0 bridgehead atoms. The van der Waals surface area contributed by atoms with E-state index >= 15 is 0 Å². The maximum absolute atomic E-state index is 11.9. The smallest absolute Gasteiger partial charge is 0.251 e. The zero-order valence-electron chi connectivity index (χ0n) is 10.1. The molecule has 86 valence electrons. The number of likely N-dealkylation sites (N-methyl/N-ethyl adjacent to an activating group) is 1. The Balaban J connectivity index is 2.01. The number of carbonyl (C=O) groups excluding carboxylic acids is 1. The van der Waals surface area contributed by atoms with Gasteiger partial charge in [0.25, 0.3) is 5.91 Å². The van der Waals surface area contributed by atoms with E-state index in [0.717, 1.165) is 18.7 Å². The number of hydrogen-bond donors (Lipinski definition) is 1. The maximum atomic E-state index is 11.9. The molecule has 3 heteroatoms. The number of hydrogen-bond acceptors (Lipinski definition) is 2. The number of nitrogens with zero attached hydrogens (tertiary/aromatic N) is 1. The first-order valence-electron chi connectivity index (χ1n) is 5.63. The molecule has 0 atom stereocenters. The van der Waals surface area contributed by atoms with Crippen LogP contribution in [0.2, 0.25) is 0 Å². The van der Waals surface area contributed by atoms with Gasteiger partial charge >= 0.3 is 0 Å². The minimum absolute atomic E-state index is 0.0428. The third-order valence-corrected chi connectivity index (χ3v) is 3.17. The molecule has 0 aromatic heterocycles. The quantitative estimate of drug-likeness (QED) is 0.812. The van der Waals surface area contributed by atoms with Crippen molar-refractivity contribution in [2.24, 2.45) is 0 Å². The monoisotopic (exact) mass is 218 g/mol. The molecular formula is C13H18N2O. The van der Waals surface area contributed by atoms with E-state index in [2.05, 4.69) is 24.2 Å². The molecule has 0 spiro atoms. The van der Waals surface area contributed by atoms with Crippen LogP contribution in [0, 0.1) is 13.8 Å². The van der Waals surface area contributed by atoms with Crippen LogP contribution in [-0.4, -0.2) is 37.0 Å². The molecule has 1 fully saturated rings. The van der Waals surface area contributed by atoms with Gasteiger partial charge in [0.1, 0.15) is 0 Å². The van der Waals surface area contributed by atoms with Crippen LogP contribution < -0.4 is 5.32 Å². The van der Waals surface area contributed by atoms with Crippen molar-refractivity contribution in [2.45, 2.75) is 19.9 Å². The van der Waals surface area contributed by atoms with E-state index in [0.29, 0.717) is 6.04 Å². The van der Waals surface area contributed by atoms with Crippen molar-refractivity contribution in [1.82, 2.24) is 10.2 Å². The Morgan fingerprint density at radius 2 is 2.00 bits per heavy atom. The van der Waals surface area contributed by atoms with Crippen LogP contribution in [0.25, 0.3) is 0 Å². The molecule has 1 heterocycles. The Hall–Kier alpha value is -1.35. The molecule has 0 aliphatic carbocycles. The van der Waals surface area contributed by atoms with Crippen molar-refractivity contribution in [3.8, 4) is 0 Å². The summed E-state index contributed by atoms with van der Waals surface area (Å²) < 4.78 is 0. The minimum Gasteiger partial charge on any atom is -0.347 e. The molecule has 1 N–H and O–H groups in total. The largest absolute Gasteiger partial charge is 0.347 e. The molecule has 0 saturated carbocycles. The summed E-state index contributed by atoms with van der Waals surface area (Å²) in [7, 11) is 2.05. The summed E-state index contributed by atoms with van der Waals surface area (Å²) in [5.74, 6) is 0.0428. The van der Waals surface area contributed by atoms with Crippen LogP contribution in [0.5, 0.6) is 0 Å². The summed E-state index contributed by atoms with van der Waals surface area (Å²) in [4.78, 5) is 14.1. The van der Waals surface area contributed by atoms with Gasteiger partial charge in [0.05, 0.1) is 6.04 Å². The van der Waals surface area contributed by atoms with Crippen molar-refractivity contribution in [1.29, 1.82) is 0 Å². The highest BCUT2D eigenvalue weighted by Crippen LogP contribution is 2.11. The summed E-state index contributed by atoms with van der Waals surface area (Å²) in [6, 6.07) is 6.16. The number of benzene rings is 1. The van der Waals surface area contributed by atoms with Crippen molar-refractivity contribution in [3.63, 3.8) is 0 Å². The molecule has 1 aliphatic rings. The van der Waals surface area contributed by atoms with Crippen LogP contribution in [0.15, 0.2) is 18.2 Å². The third kappa shape index (κ3) is 2.25. The molecular weight excluding hydrogens is 200 g/mol. The fraction of sp³-hybridized carbons (Fsp3) is 0.462. The van der Waals surface area contributed by atoms with Crippen LogP contribution in [0.1, 0.15) is 21.5 Å². The Kier molecular flexibility index (Phi) is 2.97. The number of nitrogens with one attached hydrogen (secondary N) is 1. The van der Waals surface area contributed by atoms with Crippen molar-refractivity contribution >= 4 is 5.91 Å². The lowest BCUT2D eigenvalue weighted by molar-refractivity contribution is 0.0857. The molecule has 1 aromatic rings. The van der Waals surface area contributed by atoms with Gasteiger partial charge in [0.15, 0.2) is 0 Å². The van der Waals surface area contributed by atoms with Gasteiger partial charge in [-0.1, -0.05) is 6.07 Å². The first kappa shape index (κ1) is 11.1. The number of likely N-dealkylation sites (tertiary alicyclic amines) is 1. The van der Waals surface area contributed by atoms with Gasteiger partial charge in [0, 0.05) is 18.7 Å². The van der Waals surface area contributed by atoms with Gasteiger partial charge < -0.3 is 10.2 Å². The van der Waals surface area contributed by atoms with E-state index in [4.69, 9.17) is 0 Å². The van der Waals surface area contributed by atoms with Crippen LogP contribution in [-0.2, 0) is 0 Å². The molecule has 1 amide bonds. The van der Waals surface area contributed by atoms with E-state index < -0.39 is 0 Å². The van der Waals surface area contributed by atoms with Gasteiger partial charge in [-0.25, -0.2) is 0 Å². The van der Waals surface area contributed by atoms with Gasteiger partial charge in [-0.3, -0.25) is 4.79 Å². The topological polar surface area (TPSA) is 32.3 Å². The van der Waals surface area contributed by atoms with E-state index in [1.54, 1.807) is 0 Å². The standard InChI is InChI=1S/C13H18N2O/c1-9-4-5-11(6-10(9)2)13(16)14-12-7-15(3)8-12/h4-6,12H,7-8H2,1-3H3,(H,14,16). The summed E-state index contributed by atoms with van der Waals surface area (Å²) in [5.41, 5.74) is 3.15. The molecule has 0 radical (unpaired) electrons. The number of rotatable bonds is 2. The van der Waals surface area contributed by atoms with Gasteiger partial charge in [0.2, 0.25) is 0 Å². The lowest BCUT2D eigenvalue weighted by Crippen LogP contribution is -2.57. The second-order valence-electron chi connectivity index (χ2n) is 4.69. The molecule has 2 rings (SSSR count). The van der Waals surface area contributed by atoms with Crippen LogP contribution >= 0.6 is 0 Å². The second-order valence-corrected chi connectivity index (χ2v) is 4.69. The fourth-order valence-corrected chi connectivity index (χ4v) is 1.94.